The van der Waals surface area contributed by atoms with E-state index < -0.39 is 0 Å². The largest absolute Gasteiger partial charge is 0.363 e. The number of anilines is 1. The molecule has 0 saturated heterocycles. The van der Waals surface area contributed by atoms with Gasteiger partial charge in [-0.2, -0.15) is 0 Å². The van der Waals surface area contributed by atoms with Crippen LogP contribution in [-0.2, 0) is 6.42 Å². The third-order valence-corrected chi connectivity index (χ3v) is 3.92. The Kier molecular flexibility index (Phi) is 4.04. The van der Waals surface area contributed by atoms with E-state index in [2.05, 4.69) is 15.3 Å². The molecule has 0 bridgehead atoms. The standard InChI is InChI=1S/C12H14ClN3OS/c1-3-10-15-11(6-12(17)16-10)14-7(2)8-4-5-9(13)18-8/h4-7H,3H2,1-2H3,(H2,14,15,16,17). The van der Waals surface area contributed by atoms with Crippen molar-refractivity contribution >= 4 is 28.8 Å². The van der Waals surface area contributed by atoms with Crippen molar-refractivity contribution < 1.29 is 0 Å². The number of nitrogens with zero attached hydrogens (tertiary/aromatic N) is 1. The average Bonchev–Trinajstić information content (AvgIpc) is 2.75. The molecule has 0 saturated carbocycles. The monoisotopic (exact) mass is 283 g/mol. The van der Waals surface area contributed by atoms with Gasteiger partial charge in [0.2, 0.25) is 0 Å². The van der Waals surface area contributed by atoms with Gasteiger partial charge in [-0.3, -0.25) is 4.79 Å². The molecule has 18 heavy (non-hydrogen) atoms. The Bertz CT molecular complexity index is 593. The minimum absolute atomic E-state index is 0.0708. The normalized spacial score (nSPS) is 12.4. The summed E-state index contributed by atoms with van der Waals surface area (Å²) in [4.78, 5) is 19.6. The zero-order chi connectivity index (χ0) is 13.1. The molecule has 0 aliphatic rings. The first-order valence-electron chi connectivity index (χ1n) is 5.70. The van der Waals surface area contributed by atoms with E-state index in [-0.39, 0.29) is 11.6 Å². The molecule has 0 aliphatic heterocycles. The first-order chi connectivity index (χ1) is 8.58. The number of hydrogen-bond acceptors (Lipinski definition) is 4. The molecule has 6 heteroatoms. The molecule has 0 amide bonds. The van der Waals surface area contributed by atoms with Crippen LogP contribution in [0.15, 0.2) is 23.0 Å². The van der Waals surface area contributed by atoms with Crippen molar-refractivity contribution in [1.29, 1.82) is 0 Å². The van der Waals surface area contributed by atoms with Crippen LogP contribution in [0, 0.1) is 0 Å². The number of hydrogen-bond donors (Lipinski definition) is 2. The Morgan fingerprint density at radius 1 is 1.56 bits per heavy atom. The summed E-state index contributed by atoms with van der Waals surface area (Å²) < 4.78 is 0.756. The lowest BCUT2D eigenvalue weighted by Gasteiger charge is -2.13. The van der Waals surface area contributed by atoms with Crippen molar-refractivity contribution in [3.63, 3.8) is 0 Å². The second-order valence-electron chi connectivity index (χ2n) is 3.94. The van der Waals surface area contributed by atoms with Crippen molar-refractivity contribution in [2.24, 2.45) is 0 Å². The van der Waals surface area contributed by atoms with E-state index in [4.69, 9.17) is 11.6 Å². The molecule has 0 fully saturated rings. The molecular weight excluding hydrogens is 270 g/mol. The van der Waals surface area contributed by atoms with Crippen LogP contribution < -0.4 is 10.9 Å². The minimum Gasteiger partial charge on any atom is -0.363 e. The van der Waals surface area contributed by atoms with Gasteiger partial charge in [0.25, 0.3) is 5.56 Å². The maximum Gasteiger partial charge on any atom is 0.252 e. The van der Waals surface area contributed by atoms with Gasteiger partial charge < -0.3 is 10.3 Å². The fraction of sp³-hybridized carbons (Fsp3) is 0.333. The van der Waals surface area contributed by atoms with Crippen molar-refractivity contribution in [2.75, 3.05) is 5.32 Å². The van der Waals surface area contributed by atoms with E-state index in [9.17, 15) is 4.79 Å². The Morgan fingerprint density at radius 3 is 2.94 bits per heavy atom. The highest BCUT2D eigenvalue weighted by Gasteiger charge is 2.09. The lowest BCUT2D eigenvalue weighted by atomic mass is 10.3. The highest BCUT2D eigenvalue weighted by molar-refractivity contribution is 7.16. The van der Waals surface area contributed by atoms with Gasteiger partial charge >= 0.3 is 0 Å². The maximum atomic E-state index is 11.4. The Balaban J connectivity index is 2.18. The van der Waals surface area contributed by atoms with Crippen molar-refractivity contribution in [3.05, 3.63) is 43.6 Å². The molecule has 1 unspecified atom stereocenters. The number of aromatic amines is 1. The maximum absolute atomic E-state index is 11.4. The number of rotatable bonds is 4. The number of H-pyrrole nitrogens is 1. The zero-order valence-electron chi connectivity index (χ0n) is 10.2. The molecule has 4 nitrogen and oxygen atoms in total. The van der Waals surface area contributed by atoms with Crippen LogP contribution in [0.1, 0.15) is 30.6 Å². The molecule has 2 heterocycles. The summed E-state index contributed by atoms with van der Waals surface area (Å²) in [5.41, 5.74) is -0.138. The molecule has 0 aromatic carbocycles. The van der Waals surface area contributed by atoms with Crippen molar-refractivity contribution in [1.82, 2.24) is 9.97 Å². The van der Waals surface area contributed by atoms with E-state index in [0.717, 1.165) is 9.21 Å². The van der Waals surface area contributed by atoms with Crippen LogP contribution in [-0.4, -0.2) is 9.97 Å². The Morgan fingerprint density at radius 2 is 2.33 bits per heavy atom. The highest BCUT2D eigenvalue weighted by Crippen LogP contribution is 2.28. The van der Waals surface area contributed by atoms with E-state index >= 15 is 0 Å². The Labute approximate surface area is 114 Å². The number of aryl methyl sites for hydroxylation is 1. The van der Waals surface area contributed by atoms with Gasteiger partial charge in [0.1, 0.15) is 11.6 Å². The first-order valence-corrected chi connectivity index (χ1v) is 6.90. The molecule has 2 N–H and O–H groups in total. The zero-order valence-corrected chi connectivity index (χ0v) is 11.7. The minimum atomic E-state index is -0.138. The summed E-state index contributed by atoms with van der Waals surface area (Å²) in [6.07, 6.45) is 0.698. The number of halogens is 1. The summed E-state index contributed by atoms with van der Waals surface area (Å²) in [5.74, 6) is 1.27. The quantitative estimate of drug-likeness (QED) is 0.906. The molecule has 0 radical (unpaired) electrons. The van der Waals surface area contributed by atoms with Gasteiger partial charge in [0, 0.05) is 17.4 Å². The van der Waals surface area contributed by atoms with Crippen LogP contribution in [0.25, 0.3) is 0 Å². The van der Waals surface area contributed by atoms with E-state index in [1.165, 1.54) is 17.4 Å². The lowest BCUT2D eigenvalue weighted by Crippen LogP contribution is -2.14. The smallest absolute Gasteiger partial charge is 0.252 e. The topological polar surface area (TPSA) is 57.8 Å². The van der Waals surface area contributed by atoms with Crippen molar-refractivity contribution in [3.8, 4) is 0 Å². The predicted octanol–water partition coefficient (Wildman–Crippen LogP) is 3.22. The van der Waals surface area contributed by atoms with Gasteiger partial charge in [0.15, 0.2) is 0 Å². The average molecular weight is 284 g/mol. The van der Waals surface area contributed by atoms with Gasteiger partial charge in [-0.05, 0) is 19.1 Å². The van der Waals surface area contributed by atoms with E-state index in [1.54, 1.807) is 0 Å². The second-order valence-corrected chi connectivity index (χ2v) is 5.69. The predicted molar refractivity (Wildman–Crippen MR) is 75.6 cm³/mol. The summed E-state index contributed by atoms with van der Waals surface area (Å²) in [6, 6.07) is 5.37. The van der Waals surface area contributed by atoms with E-state index in [0.29, 0.717) is 18.1 Å². The fourth-order valence-corrected chi connectivity index (χ4v) is 2.67. The third kappa shape index (κ3) is 3.11. The summed E-state index contributed by atoms with van der Waals surface area (Å²) in [6.45, 7) is 3.96. The molecular formula is C12H14ClN3OS. The molecule has 2 rings (SSSR count). The van der Waals surface area contributed by atoms with Crippen LogP contribution in [0.5, 0.6) is 0 Å². The third-order valence-electron chi connectivity index (χ3n) is 2.51. The Hall–Kier alpha value is -1.33. The van der Waals surface area contributed by atoms with Crippen LogP contribution >= 0.6 is 22.9 Å². The second kappa shape index (κ2) is 5.54. The van der Waals surface area contributed by atoms with Gasteiger partial charge in [-0.25, -0.2) is 4.98 Å². The lowest BCUT2D eigenvalue weighted by molar-refractivity contribution is 0.865. The first kappa shape index (κ1) is 13.1. The summed E-state index contributed by atoms with van der Waals surface area (Å²) in [5, 5.41) is 3.21. The van der Waals surface area contributed by atoms with Gasteiger partial charge in [-0.15, -0.1) is 11.3 Å². The van der Waals surface area contributed by atoms with Gasteiger partial charge in [0.05, 0.1) is 10.4 Å². The summed E-state index contributed by atoms with van der Waals surface area (Å²) >= 11 is 7.42. The molecule has 2 aromatic heterocycles. The van der Waals surface area contributed by atoms with Crippen LogP contribution in [0.3, 0.4) is 0 Å². The fourth-order valence-electron chi connectivity index (χ4n) is 1.60. The summed E-state index contributed by atoms with van der Waals surface area (Å²) in [7, 11) is 0. The molecule has 1 atom stereocenters. The van der Waals surface area contributed by atoms with Gasteiger partial charge in [-0.1, -0.05) is 18.5 Å². The number of aromatic nitrogens is 2. The molecule has 2 aromatic rings. The molecule has 0 spiro atoms. The van der Waals surface area contributed by atoms with E-state index in [1.807, 2.05) is 26.0 Å². The number of thiophene rings is 1. The van der Waals surface area contributed by atoms with Crippen LogP contribution in [0.4, 0.5) is 5.82 Å². The molecule has 96 valence electrons. The van der Waals surface area contributed by atoms with Crippen LogP contribution in [0.2, 0.25) is 4.34 Å². The van der Waals surface area contributed by atoms with Crippen molar-refractivity contribution in [2.45, 2.75) is 26.3 Å². The highest BCUT2D eigenvalue weighted by atomic mass is 35.5. The SMILES string of the molecule is CCc1nc(NC(C)c2ccc(Cl)s2)cc(=O)[nH]1. The number of nitrogens with one attached hydrogen (secondary N) is 2. The molecule has 0 aliphatic carbocycles.